The number of halogens is 1. The molecule has 1 heterocycles. The first kappa shape index (κ1) is 20.0. The summed E-state index contributed by atoms with van der Waals surface area (Å²) >= 11 is 0.995. The number of nitrogens with one attached hydrogen (secondary N) is 2. The van der Waals surface area contributed by atoms with Crippen molar-refractivity contribution in [2.45, 2.75) is 32.7 Å². The summed E-state index contributed by atoms with van der Waals surface area (Å²) < 4.78 is 13.6. The van der Waals surface area contributed by atoms with Crippen LogP contribution in [0.2, 0.25) is 0 Å². The van der Waals surface area contributed by atoms with Gasteiger partial charge in [0.1, 0.15) is 10.7 Å². The Morgan fingerprint density at radius 1 is 1.13 bits per heavy atom. The average Bonchev–Trinajstić information content (AvgIpc) is 3.41. The second kappa shape index (κ2) is 7.87. The minimum Gasteiger partial charge on any atom is -0.477 e. The van der Waals surface area contributed by atoms with Crippen LogP contribution in [0.4, 0.5) is 15.2 Å². The Morgan fingerprint density at radius 2 is 1.90 bits per heavy atom. The standard InChI is InChI=1S/C22H20FN3O3S/c1-11-3-4-14(20(27)24-15-6-7-15)10-17(11)25-22-26-18(19(30-22)21(28)29)13-5-8-16(23)12(2)9-13/h3-5,8-10,15H,6-7H2,1-2H3,(H,24,27)(H,25,26)(H,28,29). The highest BCUT2D eigenvalue weighted by Gasteiger charge is 2.24. The molecule has 0 atom stereocenters. The Bertz CT molecular complexity index is 1150. The summed E-state index contributed by atoms with van der Waals surface area (Å²) in [5.41, 5.74) is 3.31. The molecule has 4 rings (SSSR count). The van der Waals surface area contributed by atoms with Gasteiger partial charge in [-0.25, -0.2) is 14.2 Å². The van der Waals surface area contributed by atoms with Gasteiger partial charge in [0.05, 0.1) is 5.69 Å². The summed E-state index contributed by atoms with van der Waals surface area (Å²) in [5, 5.41) is 16.1. The highest BCUT2D eigenvalue weighted by molar-refractivity contribution is 7.18. The monoisotopic (exact) mass is 425 g/mol. The largest absolute Gasteiger partial charge is 0.477 e. The normalized spacial score (nSPS) is 13.2. The molecule has 1 fully saturated rings. The lowest BCUT2D eigenvalue weighted by atomic mass is 10.1. The molecule has 3 aromatic rings. The van der Waals surface area contributed by atoms with Crippen LogP contribution < -0.4 is 10.6 Å². The summed E-state index contributed by atoms with van der Waals surface area (Å²) in [5.74, 6) is -1.60. The van der Waals surface area contributed by atoms with Gasteiger partial charge in [-0.3, -0.25) is 4.79 Å². The van der Waals surface area contributed by atoms with Crippen LogP contribution in [0.5, 0.6) is 0 Å². The molecule has 0 spiro atoms. The van der Waals surface area contributed by atoms with Gasteiger partial charge < -0.3 is 15.7 Å². The van der Waals surface area contributed by atoms with Gasteiger partial charge >= 0.3 is 5.97 Å². The summed E-state index contributed by atoms with van der Waals surface area (Å²) in [6, 6.07) is 9.98. The zero-order valence-electron chi connectivity index (χ0n) is 16.5. The number of aryl methyl sites for hydroxylation is 2. The van der Waals surface area contributed by atoms with E-state index in [-0.39, 0.29) is 28.3 Å². The van der Waals surface area contributed by atoms with Crippen molar-refractivity contribution in [1.29, 1.82) is 0 Å². The van der Waals surface area contributed by atoms with E-state index in [4.69, 9.17) is 0 Å². The zero-order valence-corrected chi connectivity index (χ0v) is 17.3. The SMILES string of the molecule is Cc1cc(-c2nc(Nc3cc(C(=O)NC4CC4)ccc3C)sc2C(=O)O)ccc1F. The number of thiazole rings is 1. The van der Waals surface area contributed by atoms with Gasteiger partial charge in [-0.15, -0.1) is 0 Å². The topological polar surface area (TPSA) is 91.3 Å². The molecule has 0 bridgehead atoms. The predicted molar refractivity (Wildman–Crippen MR) is 114 cm³/mol. The molecule has 3 N–H and O–H groups in total. The van der Waals surface area contributed by atoms with E-state index in [1.54, 1.807) is 25.1 Å². The molecule has 1 saturated carbocycles. The van der Waals surface area contributed by atoms with E-state index in [0.717, 1.165) is 29.7 Å². The van der Waals surface area contributed by atoms with Crippen LogP contribution in [-0.2, 0) is 0 Å². The minimum absolute atomic E-state index is 0.0591. The maximum absolute atomic E-state index is 13.6. The number of carboxylic acids is 1. The lowest BCUT2D eigenvalue weighted by molar-refractivity contribution is 0.0702. The molecule has 1 aromatic heterocycles. The Hall–Kier alpha value is -3.26. The first-order chi connectivity index (χ1) is 14.3. The summed E-state index contributed by atoms with van der Waals surface area (Å²) in [4.78, 5) is 28.6. The molecule has 0 unspecified atom stereocenters. The molecule has 154 valence electrons. The number of carbonyl (C=O) groups is 2. The van der Waals surface area contributed by atoms with Crippen LogP contribution in [-0.4, -0.2) is 28.0 Å². The number of anilines is 2. The third-order valence-corrected chi connectivity index (χ3v) is 5.87. The first-order valence-electron chi connectivity index (χ1n) is 9.51. The smallest absolute Gasteiger partial charge is 0.348 e. The van der Waals surface area contributed by atoms with Gasteiger partial charge in [0, 0.05) is 22.9 Å². The van der Waals surface area contributed by atoms with Crippen LogP contribution in [0.15, 0.2) is 36.4 Å². The third kappa shape index (κ3) is 4.18. The van der Waals surface area contributed by atoms with Crippen molar-refractivity contribution in [2.24, 2.45) is 0 Å². The number of hydrogen-bond donors (Lipinski definition) is 3. The number of amides is 1. The molecule has 2 aromatic carbocycles. The fourth-order valence-electron chi connectivity index (χ4n) is 3.02. The zero-order chi connectivity index (χ0) is 21.4. The lowest BCUT2D eigenvalue weighted by Crippen LogP contribution is -2.25. The fraction of sp³-hybridized carbons (Fsp3) is 0.227. The van der Waals surface area contributed by atoms with Crippen molar-refractivity contribution in [1.82, 2.24) is 10.3 Å². The Labute approximate surface area is 176 Å². The first-order valence-corrected chi connectivity index (χ1v) is 10.3. The van der Waals surface area contributed by atoms with Crippen LogP contribution in [0, 0.1) is 19.7 Å². The van der Waals surface area contributed by atoms with Crippen LogP contribution in [0.1, 0.15) is 44.0 Å². The number of benzene rings is 2. The number of carbonyl (C=O) groups excluding carboxylic acids is 1. The van der Waals surface area contributed by atoms with Crippen molar-refractivity contribution in [3.8, 4) is 11.3 Å². The second-order valence-corrected chi connectivity index (χ2v) is 8.37. The number of carboxylic acid groups (broad SMARTS) is 1. The van der Waals surface area contributed by atoms with Crippen molar-refractivity contribution in [3.05, 3.63) is 63.8 Å². The van der Waals surface area contributed by atoms with E-state index < -0.39 is 5.97 Å². The predicted octanol–water partition coefficient (Wildman–Crippen LogP) is 4.90. The minimum atomic E-state index is -1.10. The molecule has 6 nitrogen and oxygen atoms in total. The van der Waals surface area contributed by atoms with Crippen molar-refractivity contribution < 1.29 is 19.1 Å². The fourth-order valence-corrected chi connectivity index (χ4v) is 3.85. The molecule has 0 radical (unpaired) electrons. The highest BCUT2D eigenvalue weighted by atomic mass is 32.1. The maximum atomic E-state index is 13.6. The Balaban J connectivity index is 1.65. The van der Waals surface area contributed by atoms with Crippen molar-refractivity contribution in [3.63, 3.8) is 0 Å². The Morgan fingerprint density at radius 3 is 2.57 bits per heavy atom. The van der Waals surface area contributed by atoms with E-state index in [1.807, 2.05) is 13.0 Å². The van der Waals surface area contributed by atoms with Gasteiger partial charge in [0.2, 0.25) is 0 Å². The number of aromatic carboxylic acids is 1. The number of aromatic nitrogens is 1. The lowest BCUT2D eigenvalue weighted by Gasteiger charge is -2.10. The molecule has 1 amide bonds. The van der Waals surface area contributed by atoms with Gasteiger partial charge in [0.15, 0.2) is 5.13 Å². The van der Waals surface area contributed by atoms with Crippen molar-refractivity contribution in [2.75, 3.05) is 5.32 Å². The number of nitrogens with zero attached hydrogens (tertiary/aromatic N) is 1. The molecular formula is C22H20FN3O3S. The third-order valence-electron chi connectivity index (χ3n) is 4.91. The van der Waals surface area contributed by atoms with Crippen molar-refractivity contribution >= 4 is 34.0 Å². The van der Waals surface area contributed by atoms with E-state index in [0.29, 0.717) is 27.5 Å². The molecule has 1 aliphatic carbocycles. The Kier molecular flexibility index (Phi) is 5.26. The number of hydrogen-bond acceptors (Lipinski definition) is 5. The number of rotatable bonds is 6. The molecule has 0 aliphatic heterocycles. The maximum Gasteiger partial charge on any atom is 0.348 e. The molecular weight excluding hydrogens is 405 g/mol. The summed E-state index contributed by atoms with van der Waals surface area (Å²) in [6.07, 6.45) is 2.01. The summed E-state index contributed by atoms with van der Waals surface area (Å²) in [7, 11) is 0. The van der Waals surface area contributed by atoms with E-state index in [9.17, 15) is 19.1 Å². The van der Waals surface area contributed by atoms with Gasteiger partial charge in [-0.05, 0) is 68.1 Å². The van der Waals surface area contributed by atoms with Gasteiger partial charge in [-0.2, -0.15) is 0 Å². The average molecular weight is 425 g/mol. The highest BCUT2D eigenvalue weighted by Crippen LogP contribution is 2.34. The van der Waals surface area contributed by atoms with Crippen LogP contribution >= 0.6 is 11.3 Å². The van der Waals surface area contributed by atoms with E-state index >= 15 is 0 Å². The van der Waals surface area contributed by atoms with E-state index in [1.165, 1.54) is 12.1 Å². The molecule has 0 saturated heterocycles. The quantitative estimate of drug-likeness (QED) is 0.523. The molecule has 30 heavy (non-hydrogen) atoms. The van der Waals surface area contributed by atoms with E-state index in [2.05, 4.69) is 15.6 Å². The molecule has 8 heteroatoms. The van der Waals surface area contributed by atoms with Crippen LogP contribution in [0.3, 0.4) is 0 Å². The van der Waals surface area contributed by atoms with Gasteiger partial charge in [-0.1, -0.05) is 17.4 Å². The second-order valence-electron chi connectivity index (χ2n) is 7.37. The summed E-state index contributed by atoms with van der Waals surface area (Å²) in [6.45, 7) is 3.51. The van der Waals surface area contributed by atoms with Gasteiger partial charge in [0.25, 0.3) is 5.91 Å². The molecule has 1 aliphatic rings. The van der Waals surface area contributed by atoms with Crippen LogP contribution in [0.25, 0.3) is 11.3 Å².